The number of nitrogens with zero attached hydrogens (tertiary/aromatic N) is 1. The molecule has 0 spiro atoms. The molecule has 1 atom stereocenters. The van der Waals surface area contributed by atoms with Crippen LogP contribution in [0.3, 0.4) is 0 Å². The third kappa shape index (κ3) is 7.01. The van der Waals surface area contributed by atoms with E-state index in [4.69, 9.17) is 0 Å². The molecule has 30 heavy (non-hydrogen) atoms. The Bertz CT molecular complexity index is 817. The SMILES string of the molecule is CCCCNC(=O)C(CC)N(CCc1ccccc1)C(=O)Cc1cc(C)ccc1C. The van der Waals surface area contributed by atoms with Crippen molar-refractivity contribution in [3.63, 3.8) is 0 Å². The summed E-state index contributed by atoms with van der Waals surface area (Å²) in [6, 6.07) is 15.9. The lowest BCUT2D eigenvalue weighted by Gasteiger charge is -2.31. The lowest BCUT2D eigenvalue weighted by molar-refractivity contribution is -0.140. The van der Waals surface area contributed by atoms with Gasteiger partial charge in [0.05, 0.1) is 6.42 Å². The van der Waals surface area contributed by atoms with Crippen molar-refractivity contribution in [2.45, 2.75) is 65.8 Å². The maximum absolute atomic E-state index is 13.4. The summed E-state index contributed by atoms with van der Waals surface area (Å²) in [7, 11) is 0. The zero-order chi connectivity index (χ0) is 21.9. The summed E-state index contributed by atoms with van der Waals surface area (Å²) in [5, 5.41) is 3.02. The number of carbonyl (C=O) groups is 2. The van der Waals surface area contributed by atoms with Gasteiger partial charge in [0.1, 0.15) is 6.04 Å². The van der Waals surface area contributed by atoms with Gasteiger partial charge in [-0.3, -0.25) is 9.59 Å². The van der Waals surface area contributed by atoms with Crippen molar-refractivity contribution in [3.05, 3.63) is 70.8 Å². The number of hydrogen-bond acceptors (Lipinski definition) is 2. The lowest BCUT2D eigenvalue weighted by Crippen LogP contribution is -2.50. The molecule has 0 aliphatic rings. The molecule has 0 fully saturated rings. The van der Waals surface area contributed by atoms with Crippen LogP contribution in [0.4, 0.5) is 0 Å². The van der Waals surface area contributed by atoms with E-state index in [-0.39, 0.29) is 11.8 Å². The highest BCUT2D eigenvalue weighted by Gasteiger charge is 2.28. The summed E-state index contributed by atoms with van der Waals surface area (Å²) in [5.74, 6) is -0.0366. The van der Waals surface area contributed by atoms with E-state index >= 15 is 0 Å². The Morgan fingerprint density at radius 2 is 1.77 bits per heavy atom. The average molecular weight is 409 g/mol. The predicted molar refractivity (Wildman–Crippen MR) is 123 cm³/mol. The molecular formula is C26H36N2O2. The van der Waals surface area contributed by atoms with Gasteiger partial charge < -0.3 is 10.2 Å². The van der Waals surface area contributed by atoms with Crippen molar-refractivity contribution in [3.8, 4) is 0 Å². The predicted octanol–water partition coefficient (Wildman–Crippen LogP) is 4.61. The normalized spacial score (nSPS) is 11.7. The molecule has 0 saturated heterocycles. The first-order valence-electron chi connectivity index (χ1n) is 11.1. The fourth-order valence-corrected chi connectivity index (χ4v) is 3.66. The van der Waals surface area contributed by atoms with Crippen molar-refractivity contribution in [2.75, 3.05) is 13.1 Å². The first-order chi connectivity index (χ1) is 14.5. The molecule has 0 aliphatic heterocycles. The summed E-state index contributed by atoms with van der Waals surface area (Å²) >= 11 is 0. The van der Waals surface area contributed by atoms with E-state index in [1.165, 1.54) is 5.56 Å². The minimum Gasteiger partial charge on any atom is -0.354 e. The van der Waals surface area contributed by atoms with Crippen LogP contribution < -0.4 is 5.32 Å². The molecule has 0 heterocycles. The quantitative estimate of drug-likeness (QED) is 0.552. The second-order valence-corrected chi connectivity index (χ2v) is 8.00. The van der Waals surface area contributed by atoms with Crippen LogP contribution in [0, 0.1) is 13.8 Å². The molecule has 2 amide bonds. The van der Waals surface area contributed by atoms with Gasteiger partial charge in [0.25, 0.3) is 0 Å². The Balaban J connectivity index is 2.20. The summed E-state index contributed by atoms with van der Waals surface area (Å²) in [5.41, 5.74) is 4.45. The fraction of sp³-hybridized carbons (Fsp3) is 0.462. The van der Waals surface area contributed by atoms with E-state index in [1.807, 2.05) is 39.0 Å². The molecule has 0 aliphatic carbocycles. The van der Waals surface area contributed by atoms with Crippen LogP contribution in [0.2, 0.25) is 0 Å². The summed E-state index contributed by atoms with van der Waals surface area (Å²) in [6.07, 6.45) is 3.63. The number of nitrogens with one attached hydrogen (secondary N) is 1. The molecule has 162 valence electrons. The molecule has 2 aromatic rings. The number of amides is 2. The van der Waals surface area contributed by atoms with Crippen LogP contribution in [-0.2, 0) is 22.4 Å². The van der Waals surface area contributed by atoms with Crippen molar-refractivity contribution in [2.24, 2.45) is 0 Å². The van der Waals surface area contributed by atoms with Gasteiger partial charge in [-0.05, 0) is 49.8 Å². The zero-order valence-electron chi connectivity index (χ0n) is 18.9. The Kier molecular flexibility index (Phi) is 9.59. The van der Waals surface area contributed by atoms with Gasteiger partial charge in [0.15, 0.2) is 0 Å². The third-order valence-electron chi connectivity index (χ3n) is 5.55. The largest absolute Gasteiger partial charge is 0.354 e. The number of hydrogen-bond donors (Lipinski definition) is 1. The maximum Gasteiger partial charge on any atom is 0.242 e. The molecule has 0 radical (unpaired) electrons. The Morgan fingerprint density at radius 1 is 1.03 bits per heavy atom. The average Bonchev–Trinajstić information content (AvgIpc) is 2.74. The molecule has 4 heteroatoms. The maximum atomic E-state index is 13.4. The van der Waals surface area contributed by atoms with Gasteiger partial charge in [-0.25, -0.2) is 0 Å². The topological polar surface area (TPSA) is 49.4 Å². The Morgan fingerprint density at radius 3 is 2.43 bits per heavy atom. The highest BCUT2D eigenvalue weighted by molar-refractivity contribution is 5.88. The van der Waals surface area contributed by atoms with Gasteiger partial charge in [0, 0.05) is 13.1 Å². The summed E-state index contributed by atoms with van der Waals surface area (Å²) < 4.78 is 0. The number of aryl methyl sites for hydroxylation is 2. The number of unbranched alkanes of at least 4 members (excludes halogenated alkanes) is 1. The zero-order valence-corrected chi connectivity index (χ0v) is 18.9. The van der Waals surface area contributed by atoms with Crippen LogP contribution in [0.1, 0.15) is 55.4 Å². The van der Waals surface area contributed by atoms with Crippen LogP contribution in [0.25, 0.3) is 0 Å². The van der Waals surface area contributed by atoms with Crippen LogP contribution in [0.5, 0.6) is 0 Å². The highest BCUT2D eigenvalue weighted by Crippen LogP contribution is 2.16. The molecular weight excluding hydrogens is 372 g/mol. The van der Waals surface area contributed by atoms with E-state index in [2.05, 4.69) is 42.6 Å². The van der Waals surface area contributed by atoms with E-state index in [9.17, 15) is 9.59 Å². The van der Waals surface area contributed by atoms with Crippen molar-refractivity contribution >= 4 is 11.8 Å². The lowest BCUT2D eigenvalue weighted by atomic mass is 10.0. The molecule has 0 saturated carbocycles. The summed E-state index contributed by atoms with van der Waals surface area (Å²) in [6.45, 7) is 9.34. The number of carbonyl (C=O) groups excluding carboxylic acids is 2. The first-order valence-corrected chi connectivity index (χ1v) is 11.1. The number of benzene rings is 2. The van der Waals surface area contributed by atoms with Crippen molar-refractivity contribution < 1.29 is 9.59 Å². The van der Waals surface area contributed by atoms with Gasteiger partial charge in [-0.2, -0.15) is 0 Å². The summed E-state index contributed by atoms with van der Waals surface area (Å²) in [4.78, 5) is 28.0. The van der Waals surface area contributed by atoms with Gasteiger partial charge >= 0.3 is 0 Å². The number of rotatable bonds is 11. The first kappa shape index (κ1) is 23.7. The van der Waals surface area contributed by atoms with Gasteiger partial charge in [-0.15, -0.1) is 0 Å². The fourth-order valence-electron chi connectivity index (χ4n) is 3.66. The standard InChI is InChI=1S/C26H36N2O2/c1-5-7-16-27-26(30)24(6-2)28(17-15-22-11-9-8-10-12-22)25(29)19-23-18-20(3)13-14-21(23)4/h8-14,18,24H,5-7,15-17,19H2,1-4H3,(H,27,30). The minimum atomic E-state index is -0.441. The Labute approximate surface area is 181 Å². The van der Waals surface area contributed by atoms with Gasteiger partial charge in [-0.1, -0.05) is 74.4 Å². The second kappa shape index (κ2) is 12.2. The molecule has 2 aromatic carbocycles. The van der Waals surface area contributed by atoms with E-state index in [0.717, 1.165) is 36.0 Å². The molecule has 1 N–H and O–H groups in total. The van der Waals surface area contributed by atoms with Crippen LogP contribution in [-0.4, -0.2) is 35.8 Å². The van der Waals surface area contributed by atoms with Crippen LogP contribution in [0.15, 0.2) is 48.5 Å². The molecule has 0 aromatic heterocycles. The van der Waals surface area contributed by atoms with E-state index in [1.54, 1.807) is 4.90 Å². The van der Waals surface area contributed by atoms with E-state index < -0.39 is 6.04 Å². The minimum absolute atomic E-state index is 0.0112. The van der Waals surface area contributed by atoms with Crippen LogP contribution >= 0.6 is 0 Å². The Hall–Kier alpha value is -2.62. The van der Waals surface area contributed by atoms with Crippen molar-refractivity contribution in [1.82, 2.24) is 10.2 Å². The van der Waals surface area contributed by atoms with Crippen molar-refractivity contribution in [1.29, 1.82) is 0 Å². The smallest absolute Gasteiger partial charge is 0.242 e. The van der Waals surface area contributed by atoms with Gasteiger partial charge in [0.2, 0.25) is 11.8 Å². The molecule has 1 unspecified atom stereocenters. The second-order valence-electron chi connectivity index (χ2n) is 8.00. The molecule has 2 rings (SSSR count). The highest BCUT2D eigenvalue weighted by atomic mass is 16.2. The third-order valence-corrected chi connectivity index (χ3v) is 5.55. The molecule has 4 nitrogen and oxygen atoms in total. The monoisotopic (exact) mass is 408 g/mol. The molecule has 0 bridgehead atoms. The van der Waals surface area contributed by atoms with E-state index in [0.29, 0.717) is 25.9 Å².